The summed E-state index contributed by atoms with van der Waals surface area (Å²) in [6, 6.07) is 5.87. The summed E-state index contributed by atoms with van der Waals surface area (Å²) in [4.78, 5) is 37.9. The molecule has 1 atom stereocenters. The van der Waals surface area contributed by atoms with Crippen LogP contribution in [0.4, 0.5) is 4.79 Å². The van der Waals surface area contributed by atoms with Gasteiger partial charge in [-0.3, -0.25) is 4.90 Å². The Kier molecular flexibility index (Phi) is 4.08. The van der Waals surface area contributed by atoms with E-state index in [1.54, 1.807) is 18.2 Å². The number of hydrogen-bond acceptors (Lipinski definition) is 5. The minimum atomic E-state index is -0.788. The number of amides is 2. The van der Waals surface area contributed by atoms with Crippen LogP contribution in [0.5, 0.6) is 0 Å². The Bertz CT molecular complexity index is 730. The first kappa shape index (κ1) is 15.5. The zero-order valence-electron chi connectivity index (χ0n) is 12.2. The van der Waals surface area contributed by atoms with Crippen LogP contribution < -0.4 is 5.32 Å². The largest absolute Gasteiger partial charge is 0.466 e. The zero-order valence-corrected chi connectivity index (χ0v) is 13.8. The van der Waals surface area contributed by atoms with Gasteiger partial charge in [0.25, 0.3) is 0 Å². The number of nitrogens with zero attached hydrogens (tertiary/aromatic N) is 1. The number of ether oxygens (including phenoxy) is 2. The van der Waals surface area contributed by atoms with Crippen molar-refractivity contribution < 1.29 is 23.9 Å². The third-order valence-electron chi connectivity index (χ3n) is 3.66. The molecule has 0 bridgehead atoms. The van der Waals surface area contributed by atoms with Gasteiger partial charge in [-0.05, 0) is 17.7 Å². The maximum Gasteiger partial charge on any atom is 0.355 e. The molecule has 3 rings (SSSR count). The van der Waals surface area contributed by atoms with E-state index in [0.717, 1.165) is 4.47 Å². The topological polar surface area (TPSA) is 84.9 Å². The Morgan fingerprint density at radius 2 is 2.22 bits per heavy atom. The molecule has 1 aromatic rings. The van der Waals surface area contributed by atoms with Crippen LogP contribution in [0.15, 0.2) is 40.0 Å². The fraction of sp³-hybridized carbons (Fsp3) is 0.267. The lowest BCUT2D eigenvalue weighted by Crippen LogP contribution is -2.53. The van der Waals surface area contributed by atoms with Gasteiger partial charge in [-0.1, -0.05) is 28.1 Å². The normalized spacial score (nSPS) is 20.6. The molecule has 2 amide bonds. The lowest BCUT2D eigenvalue weighted by atomic mass is 9.94. The second-order valence-corrected chi connectivity index (χ2v) is 5.89. The van der Waals surface area contributed by atoms with E-state index in [9.17, 15) is 14.4 Å². The highest BCUT2D eigenvalue weighted by Crippen LogP contribution is 2.33. The molecule has 23 heavy (non-hydrogen) atoms. The van der Waals surface area contributed by atoms with Crippen LogP contribution in [0.1, 0.15) is 11.6 Å². The maximum atomic E-state index is 12.3. The first-order valence-corrected chi connectivity index (χ1v) is 7.65. The Morgan fingerprint density at radius 3 is 2.91 bits per heavy atom. The second-order valence-electron chi connectivity index (χ2n) is 4.98. The summed E-state index contributed by atoms with van der Waals surface area (Å²) in [5.41, 5.74) is 0.658. The van der Waals surface area contributed by atoms with E-state index in [0.29, 0.717) is 5.56 Å². The predicted octanol–water partition coefficient (Wildman–Crippen LogP) is 1.50. The highest BCUT2D eigenvalue weighted by molar-refractivity contribution is 9.10. The minimum absolute atomic E-state index is 0.0585. The molecule has 0 unspecified atom stereocenters. The molecule has 2 aliphatic rings. The van der Waals surface area contributed by atoms with Gasteiger partial charge in [0.2, 0.25) is 0 Å². The first-order valence-electron chi connectivity index (χ1n) is 6.86. The Hall–Kier alpha value is -2.35. The zero-order chi connectivity index (χ0) is 16.6. The first-order chi connectivity index (χ1) is 11.0. The van der Waals surface area contributed by atoms with E-state index in [1.165, 1.54) is 12.0 Å². The van der Waals surface area contributed by atoms with Crippen molar-refractivity contribution in [3.05, 3.63) is 45.6 Å². The Morgan fingerprint density at radius 1 is 1.43 bits per heavy atom. The molecule has 120 valence electrons. The van der Waals surface area contributed by atoms with Crippen LogP contribution in [0.2, 0.25) is 0 Å². The predicted molar refractivity (Wildman–Crippen MR) is 82.1 cm³/mol. The number of fused-ring (bicyclic) bond motifs is 1. The molecule has 2 heterocycles. The number of rotatable bonds is 2. The standard InChI is InChI=1S/C15H13BrN2O5/c1-22-13(19)10-11(8-3-2-4-9(16)7-8)17-15(21)18-5-6-23-14(20)12(10)18/h2-4,7,11H,5-6H2,1H3,(H,17,21)/t11-/m1/s1. The molecule has 1 N–H and O–H groups in total. The summed E-state index contributed by atoms with van der Waals surface area (Å²) in [7, 11) is 1.22. The van der Waals surface area contributed by atoms with Gasteiger partial charge in [0.1, 0.15) is 12.3 Å². The quantitative estimate of drug-likeness (QED) is 0.785. The minimum Gasteiger partial charge on any atom is -0.466 e. The van der Waals surface area contributed by atoms with Crippen molar-refractivity contribution in [2.75, 3.05) is 20.3 Å². The molecule has 8 heteroatoms. The number of morpholine rings is 1. The molecule has 2 aliphatic heterocycles. The van der Waals surface area contributed by atoms with Gasteiger partial charge in [-0.2, -0.15) is 0 Å². The summed E-state index contributed by atoms with van der Waals surface area (Å²) in [5, 5.41) is 2.74. The van der Waals surface area contributed by atoms with E-state index < -0.39 is 24.0 Å². The van der Waals surface area contributed by atoms with Crippen molar-refractivity contribution in [3.8, 4) is 0 Å². The second kappa shape index (κ2) is 6.04. The van der Waals surface area contributed by atoms with Crippen LogP contribution in [0.3, 0.4) is 0 Å². The number of benzene rings is 1. The van der Waals surface area contributed by atoms with Gasteiger partial charge in [0, 0.05) is 4.47 Å². The summed E-state index contributed by atoms with van der Waals surface area (Å²) in [6.07, 6.45) is 0. The molecule has 0 aromatic heterocycles. The molecule has 0 spiro atoms. The molecular weight excluding hydrogens is 368 g/mol. The summed E-state index contributed by atoms with van der Waals surface area (Å²) in [6.45, 7) is 0.282. The van der Waals surface area contributed by atoms with E-state index in [4.69, 9.17) is 9.47 Å². The van der Waals surface area contributed by atoms with Crippen LogP contribution in [0, 0.1) is 0 Å². The number of esters is 2. The van der Waals surface area contributed by atoms with Crippen molar-refractivity contribution in [1.29, 1.82) is 0 Å². The molecular formula is C15H13BrN2O5. The maximum absolute atomic E-state index is 12.3. The highest BCUT2D eigenvalue weighted by Gasteiger charge is 2.43. The van der Waals surface area contributed by atoms with Crippen LogP contribution in [-0.2, 0) is 19.1 Å². The van der Waals surface area contributed by atoms with E-state index in [2.05, 4.69) is 21.2 Å². The van der Waals surface area contributed by atoms with Crippen molar-refractivity contribution >= 4 is 33.9 Å². The summed E-state index contributed by atoms with van der Waals surface area (Å²) < 4.78 is 10.6. The number of carbonyl (C=O) groups excluding carboxylic acids is 3. The monoisotopic (exact) mass is 380 g/mol. The van der Waals surface area contributed by atoms with Crippen LogP contribution in [0.25, 0.3) is 0 Å². The number of methoxy groups -OCH3 is 1. The van der Waals surface area contributed by atoms with E-state index in [-0.39, 0.29) is 24.4 Å². The van der Waals surface area contributed by atoms with Gasteiger partial charge < -0.3 is 14.8 Å². The van der Waals surface area contributed by atoms with Gasteiger partial charge in [-0.25, -0.2) is 14.4 Å². The van der Waals surface area contributed by atoms with E-state index >= 15 is 0 Å². The smallest absolute Gasteiger partial charge is 0.355 e. The Labute approximate surface area is 140 Å². The molecule has 1 aromatic carbocycles. The molecule has 0 radical (unpaired) electrons. The van der Waals surface area contributed by atoms with Crippen molar-refractivity contribution in [1.82, 2.24) is 10.2 Å². The fourth-order valence-electron chi connectivity index (χ4n) is 2.65. The number of urea groups is 1. The molecule has 7 nitrogen and oxygen atoms in total. The third-order valence-corrected chi connectivity index (χ3v) is 4.15. The van der Waals surface area contributed by atoms with Gasteiger partial charge in [0.05, 0.1) is 25.3 Å². The Balaban J connectivity index is 2.18. The number of hydrogen-bond donors (Lipinski definition) is 1. The van der Waals surface area contributed by atoms with Gasteiger partial charge in [-0.15, -0.1) is 0 Å². The number of cyclic esters (lactones) is 1. The van der Waals surface area contributed by atoms with Crippen LogP contribution in [-0.4, -0.2) is 43.1 Å². The molecule has 0 aliphatic carbocycles. The average molecular weight is 381 g/mol. The summed E-state index contributed by atoms with van der Waals surface area (Å²) >= 11 is 3.35. The van der Waals surface area contributed by atoms with Crippen molar-refractivity contribution in [2.45, 2.75) is 6.04 Å². The van der Waals surface area contributed by atoms with Crippen molar-refractivity contribution in [3.63, 3.8) is 0 Å². The third kappa shape index (κ3) is 2.70. The average Bonchev–Trinajstić information content (AvgIpc) is 2.54. The SMILES string of the molecule is COC(=O)C1=C2C(=O)OCCN2C(=O)N[C@@H]1c1cccc(Br)c1. The molecule has 0 saturated carbocycles. The number of halogens is 1. The lowest BCUT2D eigenvalue weighted by Gasteiger charge is -2.37. The lowest BCUT2D eigenvalue weighted by molar-refractivity contribution is -0.146. The number of nitrogens with one attached hydrogen (secondary N) is 1. The summed E-state index contributed by atoms with van der Waals surface area (Å²) in [5.74, 6) is -1.39. The fourth-order valence-corrected chi connectivity index (χ4v) is 3.07. The van der Waals surface area contributed by atoms with Gasteiger partial charge >= 0.3 is 18.0 Å². The van der Waals surface area contributed by atoms with Gasteiger partial charge in [0.15, 0.2) is 0 Å². The van der Waals surface area contributed by atoms with Crippen molar-refractivity contribution in [2.24, 2.45) is 0 Å². The molecule has 1 fully saturated rings. The molecule has 1 saturated heterocycles. The highest BCUT2D eigenvalue weighted by atomic mass is 79.9. The van der Waals surface area contributed by atoms with E-state index in [1.807, 2.05) is 6.07 Å². The van der Waals surface area contributed by atoms with Crippen LogP contribution >= 0.6 is 15.9 Å². The number of carbonyl (C=O) groups is 3.